The molecule has 0 unspecified atom stereocenters. The maximum atomic E-state index is 11.7. The van der Waals surface area contributed by atoms with Crippen molar-refractivity contribution in [3.05, 3.63) is 29.8 Å². The summed E-state index contributed by atoms with van der Waals surface area (Å²) in [6.07, 6.45) is 3.97. The second-order valence-corrected chi connectivity index (χ2v) is 5.57. The molecule has 1 saturated carbocycles. The summed E-state index contributed by atoms with van der Waals surface area (Å²) in [7, 11) is 0. The summed E-state index contributed by atoms with van der Waals surface area (Å²) in [5.41, 5.74) is 0.375. The average Bonchev–Trinajstić information content (AvgIpc) is 2.86. The fourth-order valence-corrected chi connectivity index (χ4v) is 2.53. The molecule has 20 heavy (non-hydrogen) atoms. The van der Waals surface area contributed by atoms with E-state index in [2.05, 4.69) is 5.32 Å². The average molecular weight is 277 g/mol. The fourth-order valence-electron chi connectivity index (χ4n) is 2.53. The number of carbonyl (C=O) groups excluding carboxylic acids is 1. The molecular formula is C16H23NO3. The van der Waals surface area contributed by atoms with Gasteiger partial charge in [0.2, 0.25) is 5.91 Å². The minimum atomic E-state index is -0.688. The van der Waals surface area contributed by atoms with Crippen LogP contribution in [-0.4, -0.2) is 29.8 Å². The minimum Gasteiger partial charge on any atom is -0.493 e. The standard InChI is InChI=1S/C16H23NO3/c1-13-6-2-3-7-14(13)20-11-8-15(18)17-12-16(19)9-4-5-10-16/h2-3,6-7,19H,4-5,8-12H2,1H3,(H,17,18). The van der Waals surface area contributed by atoms with Gasteiger partial charge in [-0.3, -0.25) is 4.79 Å². The smallest absolute Gasteiger partial charge is 0.223 e. The Bertz CT molecular complexity index is 453. The van der Waals surface area contributed by atoms with E-state index in [1.54, 1.807) is 0 Å². The number of nitrogens with one attached hydrogen (secondary N) is 1. The summed E-state index contributed by atoms with van der Waals surface area (Å²) in [6.45, 7) is 2.69. The highest BCUT2D eigenvalue weighted by atomic mass is 16.5. The van der Waals surface area contributed by atoms with Crippen molar-refractivity contribution in [2.45, 2.75) is 44.6 Å². The van der Waals surface area contributed by atoms with Crippen LogP contribution in [0.1, 0.15) is 37.7 Å². The molecular weight excluding hydrogens is 254 g/mol. The Morgan fingerprint density at radius 3 is 2.75 bits per heavy atom. The predicted octanol–water partition coefficient (Wildman–Crippen LogP) is 2.19. The van der Waals surface area contributed by atoms with Crippen LogP contribution in [0.15, 0.2) is 24.3 Å². The van der Waals surface area contributed by atoms with E-state index in [0.717, 1.165) is 37.0 Å². The van der Waals surface area contributed by atoms with Crippen LogP contribution in [0.3, 0.4) is 0 Å². The van der Waals surface area contributed by atoms with E-state index in [4.69, 9.17) is 4.74 Å². The van der Waals surface area contributed by atoms with Gasteiger partial charge in [0, 0.05) is 6.54 Å². The Labute approximate surface area is 120 Å². The lowest BCUT2D eigenvalue weighted by Gasteiger charge is -2.22. The van der Waals surface area contributed by atoms with Gasteiger partial charge in [0.05, 0.1) is 18.6 Å². The summed E-state index contributed by atoms with van der Waals surface area (Å²) in [6, 6.07) is 7.74. The largest absolute Gasteiger partial charge is 0.493 e. The molecule has 0 aliphatic heterocycles. The second-order valence-electron chi connectivity index (χ2n) is 5.57. The van der Waals surface area contributed by atoms with Crippen molar-refractivity contribution in [1.29, 1.82) is 0 Å². The zero-order valence-corrected chi connectivity index (χ0v) is 12.0. The molecule has 0 radical (unpaired) electrons. The highest BCUT2D eigenvalue weighted by Gasteiger charge is 2.31. The third-order valence-corrected chi connectivity index (χ3v) is 3.83. The van der Waals surface area contributed by atoms with Crippen molar-refractivity contribution < 1.29 is 14.6 Å². The number of aliphatic hydroxyl groups is 1. The Balaban J connectivity index is 1.67. The Morgan fingerprint density at radius 1 is 1.35 bits per heavy atom. The molecule has 0 spiro atoms. The van der Waals surface area contributed by atoms with Gasteiger partial charge in [-0.05, 0) is 31.4 Å². The zero-order chi connectivity index (χ0) is 14.4. The lowest BCUT2D eigenvalue weighted by molar-refractivity contribution is -0.122. The molecule has 1 aromatic rings. The van der Waals surface area contributed by atoms with Crippen LogP contribution < -0.4 is 10.1 Å². The first-order chi connectivity index (χ1) is 9.59. The van der Waals surface area contributed by atoms with Crippen molar-refractivity contribution in [2.24, 2.45) is 0 Å². The van der Waals surface area contributed by atoms with Gasteiger partial charge < -0.3 is 15.2 Å². The van der Waals surface area contributed by atoms with Crippen LogP contribution in [-0.2, 0) is 4.79 Å². The van der Waals surface area contributed by atoms with E-state index < -0.39 is 5.60 Å². The molecule has 0 aromatic heterocycles. The van der Waals surface area contributed by atoms with Gasteiger partial charge in [0.25, 0.3) is 0 Å². The highest BCUT2D eigenvalue weighted by Crippen LogP contribution is 2.28. The van der Waals surface area contributed by atoms with Crippen LogP contribution in [0, 0.1) is 6.92 Å². The lowest BCUT2D eigenvalue weighted by atomic mass is 10.0. The summed E-state index contributed by atoms with van der Waals surface area (Å²) in [4.78, 5) is 11.7. The SMILES string of the molecule is Cc1ccccc1OCCC(=O)NCC1(O)CCCC1. The molecule has 2 N–H and O–H groups in total. The van der Waals surface area contributed by atoms with Gasteiger partial charge in [-0.1, -0.05) is 31.0 Å². The van der Waals surface area contributed by atoms with Crippen molar-refractivity contribution in [1.82, 2.24) is 5.32 Å². The number of amides is 1. The summed E-state index contributed by atoms with van der Waals surface area (Å²) in [5.74, 6) is 0.744. The number of benzene rings is 1. The number of para-hydroxylation sites is 1. The minimum absolute atomic E-state index is 0.0705. The van der Waals surface area contributed by atoms with E-state index in [0.29, 0.717) is 19.6 Å². The van der Waals surface area contributed by atoms with Gasteiger partial charge >= 0.3 is 0 Å². The molecule has 0 atom stereocenters. The first-order valence-corrected chi connectivity index (χ1v) is 7.27. The van der Waals surface area contributed by atoms with E-state index in [1.165, 1.54) is 0 Å². The summed E-state index contributed by atoms with van der Waals surface area (Å²) >= 11 is 0. The molecule has 0 bridgehead atoms. The number of hydrogen-bond donors (Lipinski definition) is 2. The van der Waals surface area contributed by atoms with Crippen molar-refractivity contribution in [3.63, 3.8) is 0 Å². The number of carbonyl (C=O) groups is 1. The van der Waals surface area contributed by atoms with Crippen molar-refractivity contribution in [3.8, 4) is 5.75 Å². The van der Waals surface area contributed by atoms with E-state index in [9.17, 15) is 9.90 Å². The molecule has 4 heteroatoms. The number of ether oxygens (including phenoxy) is 1. The summed E-state index contributed by atoms with van der Waals surface area (Å²) in [5, 5.41) is 12.9. The molecule has 1 aromatic carbocycles. The number of hydrogen-bond acceptors (Lipinski definition) is 3. The highest BCUT2D eigenvalue weighted by molar-refractivity contribution is 5.76. The molecule has 0 saturated heterocycles. The third kappa shape index (κ3) is 4.23. The molecule has 4 nitrogen and oxygen atoms in total. The fraction of sp³-hybridized carbons (Fsp3) is 0.562. The monoisotopic (exact) mass is 277 g/mol. The third-order valence-electron chi connectivity index (χ3n) is 3.83. The van der Waals surface area contributed by atoms with Crippen LogP contribution in [0.25, 0.3) is 0 Å². The van der Waals surface area contributed by atoms with E-state index >= 15 is 0 Å². The maximum Gasteiger partial charge on any atom is 0.223 e. The maximum absolute atomic E-state index is 11.7. The van der Waals surface area contributed by atoms with Crippen molar-refractivity contribution in [2.75, 3.05) is 13.2 Å². The first kappa shape index (κ1) is 14.9. The van der Waals surface area contributed by atoms with E-state index in [-0.39, 0.29) is 5.91 Å². The molecule has 0 heterocycles. The molecule has 1 amide bonds. The van der Waals surface area contributed by atoms with Gasteiger partial charge in [0.1, 0.15) is 5.75 Å². The van der Waals surface area contributed by atoms with Gasteiger partial charge in [-0.15, -0.1) is 0 Å². The summed E-state index contributed by atoms with van der Waals surface area (Å²) < 4.78 is 5.58. The van der Waals surface area contributed by atoms with Crippen LogP contribution in [0.2, 0.25) is 0 Å². The van der Waals surface area contributed by atoms with Crippen molar-refractivity contribution >= 4 is 5.91 Å². The number of rotatable bonds is 6. The predicted molar refractivity (Wildman–Crippen MR) is 77.7 cm³/mol. The zero-order valence-electron chi connectivity index (χ0n) is 12.0. The molecule has 110 valence electrons. The normalized spacial score (nSPS) is 16.9. The first-order valence-electron chi connectivity index (χ1n) is 7.27. The Kier molecular flexibility index (Phi) is 5.01. The Morgan fingerprint density at radius 2 is 2.05 bits per heavy atom. The van der Waals surface area contributed by atoms with Gasteiger partial charge in [-0.25, -0.2) is 0 Å². The van der Waals surface area contributed by atoms with Gasteiger partial charge in [-0.2, -0.15) is 0 Å². The molecule has 1 aliphatic rings. The number of aryl methyl sites for hydroxylation is 1. The van der Waals surface area contributed by atoms with Crippen LogP contribution in [0.4, 0.5) is 0 Å². The van der Waals surface area contributed by atoms with Crippen LogP contribution in [0.5, 0.6) is 5.75 Å². The topological polar surface area (TPSA) is 58.6 Å². The van der Waals surface area contributed by atoms with E-state index in [1.807, 2.05) is 31.2 Å². The quantitative estimate of drug-likeness (QED) is 0.838. The second kappa shape index (κ2) is 6.75. The van der Waals surface area contributed by atoms with Gasteiger partial charge in [0.15, 0.2) is 0 Å². The Hall–Kier alpha value is -1.55. The lowest BCUT2D eigenvalue weighted by Crippen LogP contribution is -2.41. The molecule has 1 fully saturated rings. The van der Waals surface area contributed by atoms with Crippen LogP contribution >= 0.6 is 0 Å². The molecule has 2 rings (SSSR count). The molecule has 1 aliphatic carbocycles.